The smallest absolute Gasteiger partial charge is 0.164 e. The monoisotopic (exact) mass is 196 g/mol. The highest BCUT2D eigenvalue weighted by molar-refractivity contribution is 5.99. The van der Waals surface area contributed by atoms with Crippen molar-refractivity contribution in [1.29, 1.82) is 0 Å². The van der Waals surface area contributed by atoms with E-state index in [9.17, 15) is 15.0 Å². The van der Waals surface area contributed by atoms with Crippen LogP contribution in [0.1, 0.15) is 22.8 Å². The molecule has 0 atom stereocenters. The van der Waals surface area contributed by atoms with Crippen LogP contribution in [-0.2, 0) is 0 Å². The van der Waals surface area contributed by atoms with Crippen LogP contribution in [0.15, 0.2) is 6.07 Å². The van der Waals surface area contributed by atoms with E-state index in [0.717, 1.165) is 0 Å². The van der Waals surface area contributed by atoms with Crippen molar-refractivity contribution < 1.29 is 19.7 Å². The third-order valence-electron chi connectivity index (χ3n) is 2.06. The Morgan fingerprint density at radius 1 is 1.43 bits per heavy atom. The van der Waals surface area contributed by atoms with Crippen LogP contribution in [0, 0.1) is 6.92 Å². The minimum Gasteiger partial charge on any atom is -0.507 e. The molecule has 0 unspecified atom stereocenters. The van der Waals surface area contributed by atoms with Gasteiger partial charge in [-0.3, -0.25) is 4.79 Å². The van der Waals surface area contributed by atoms with Gasteiger partial charge in [-0.15, -0.1) is 0 Å². The molecule has 0 saturated heterocycles. The number of hydrogen-bond acceptors (Lipinski definition) is 4. The van der Waals surface area contributed by atoms with Crippen LogP contribution in [0.4, 0.5) is 0 Å². The number of ketones is 1. The minimum absolute atomic E-state index is 0.115. The van der Waals surface area contributed by atoms with Gasteiger partial charge in [0.2, 0.25) is 0 Å². The predicted octanol–water partition coefficient (Wildman–Crippen LogP) is 1.62. The molecule has 1 rings (SSSR count). The number of methoxy groups -OCH3 is 1. The van der Waals surface area contributed by atoms with Crippen molar-refractivity contribution in [3.05, 3.63) is 17.2 Å². The highest BCUT2D eigenvalue weighted by Gasteiger charge is 2.17. The molecule has 0 aliphatic rings. The summed E-state index contributed by atoms with van der Waals surface area (Å²) >= 11 is 0. The quantitative estimate of drug-likeness (QED) is 0.557. The Kier molecular flexibility index (Phi) is 2.65. The van der Waals surface area contributed by atoms with Crippen LogP contribution in [0.25, 0.3) is 0 Å². The molecule has 0 spiro atoms. The van der Waals surface area contributed by atoms with Crippen LogP contribution in [-0.4, -0.2) is 23.1 Å². The first-order valence-electron chi connectivity index (χ1n) is 4.09. The van der Waals surface area contributed by atoms with Crippen LogP contribution in [0.2, 0.25) is 0 Å². The zero-order chi connectivity index (χ0) is 10.9. The first-order chi connectivity index (χ1) is 6.49. The first-order valence-corrected chi connectivity index (χ1v) is 4.09. The molecule has 0 fully saturated rings. The molecule has 0 radical (unpaired) electrons. The fraction of sp³-hybridized carbons (Fsp3) is 0.300. The van der Waals surface area contributed by atoms with Crippen molar-refractivity contribution in [3.63, 3.8) is 0 Å². The molecular formula is C10H12O4. The zero-order valence-electron chi connectivity index (χ0n) is 8.29. The number of hydrogen-bond donors (Lipinski definition) is 2. The normalized spacial score (nSPS) is 9.93. The molecule has 1 aromatic rings. The lowest BCUT2D eigenvalue weighted by Gasteiger charge is -2.10. The Bertz CT molecular complexity index is 382. The zero-order valence-corrected chi connectivity index (χ0v) is 8.29. The summed E-state index contributed by atoms with van der Waals surface area (Å²) in [6.07, 6.45) is 0. The topological polar surface area (TPSA) is 66.8 Å². The number of carbonyl (C=O) groups is 1. The number of ether oxygens (including phenoxy) is 1. The van der Waals surface area contributed by atoms with E-state index in [2.05, 4.69) is 0 Å². The molecular weight excluding hydrogens is 184 g/mol. The van der Waals surface area contributed by atoms with E-state index < -0.39 is 0 Å². The maximum Gasteiger partial charge on any atom is 0.164 e. The van der Waals surface area contributed by atoms with Gasteiger partial charge in [-0.25, -0.2) is 0 Å². The molecule has 4 heteroatoms. The van der Waals surface area contributed by atoms with E-state index >= 15 is 0 Å². The maximum atomic E-state index is 11.1. The first kappa shape index (κ1) is 10.4. The molecule has 4 nitrogen and oxygen atoms in total. The summed E-state index contributed by atoms with van der Waals surface area (Å²) in [5.74, 6) is -0.428. The molecule has 0 heterocycles. The second kappa shape index (κ2) is 3.57. The van der Waals surface area contributed by atoms with E-state index in [-0.39, 0.29) is 28.6 Å². The van der Waals surface area contributed by atoms with Gasteiger partial charge in [-0.1, -0.05) is 0 Å². The molecule has 14 heavy (non-hydrogen) atoms. The number of phenols is 2. The van der Waals surface area contributed by atoms with Crippen molar-refractivity contribution in [2.75, 3.05) is 7.11 Å². The largest absolute Gasteiger partial charge is 0.507 e. The third kappa shape index (κ3) is 1.51. The van der Waals surface area contributed by atoms with E-state index in [4.69, 9.17) is 4.74 Å². The number of phenolic OH excluding ortho intramolecular Hbond substituents is 2. The van der Waals surface area contributed by atoms with Gasteiger partial charge in [0.1, 0.15) is 5.75 Å². The standard InChI is InChI=1S/C10H12O4/c1-5-9(6(2)11)7(12)4-8(14-3)10(5)13/h4,12-13H,1-3H3. The molecule has 76 valence electrons. The van der Waals surface area contributed by atoms with Crippen LogP contribution >= 0.6 is 0 Å². The van der Waals surface area contributed by atoms with Crippen LogP contribution in [0.3, 0.4) is 0 Å². The Labute approximate surface area is 81.8 Å². The SMILES string of the molecule is COc1cc(O)c(C(C)=O)c(C)c1O. The van der Waals surface area contributed by atoms with Crippen molar-refractivity contribution in [2.45, 2.75) is 13.8 Å². The molecule has 0 aliphatic heterocycles. The minimum atomic E-state index is -0.294. The third-order valence-corrected chi connectivity index (χ3v) is 2.06. The fourth-order valence-electron chi connectivity index (χ4n) is 1.36. The van der Waals surface area contributed by atoms with Gasteiger partial charge in [0, 0.05) is 11.6 Å². The summed E-state index contributed by atoms with van der Waals surface area (Å²) in [7, 11) is 1.38. The van der Waals surface area contributed by atoms with Crippen LogP contribution < -0.4 is 4.74 Å². The number of rotatable bonds is 2. The number of carbonyl (C=O) groups excluding carboxylic acids is 1. The predicted molar refractivity (Wildman–Crippen MR) is 51.1 cm³/mol. The van der Waals surface area contributed by atoms with Crippen molar-refractivity contribution in [2.24, 2.45) is 0 Å². The summed E-state index contributed by atoms with van der Waals surface area (Å²) in [4.78, 5) is 11.1. The van der Waals surface area contributed by atoms with Crippen LogP contribution in [0.5, 0.6) is 17.2 Å². The maximum absolute atomic E-state index is 11.1. The lowest BCUT2D eigenvalue weighted by molar-refractivity contribution is 0.101. The number of Topliss-reactive ketones (excluding diaryl/α,β-unsaturated/α-hetero) is 1. The van der Waals surface area contributed by atoms with Gasteiger partial charge in [-0.2, -0.15) is 0 Å². The van der Waals surface area contributed by atoms with Crippen molar-refractivity contribution in [1.82, 2.24) is 0 Å². The second-order valence-electron chi connectivity index (χ2n) is 3.00. The van der Waals surface area contributed by atoms with Gasteiger partial charge < -0.3 is 14.9 Å². The molecule has 0 aliphatic carbocycles. The van der Waals surface area contributed by atoms with Gasteiger partial charge in [-0.05, 0) is 13.8 Å². The van der Waals surface area contributed by atoms with Crippen molar-refractivity contribution >= 4 is 5.78 Å². The summed E-state index contributed by atoms with van der Waals surface area (Å²) in [6, 6.07) is 1.22. The van der Waals surface area contributed by atoms with E-state index in [1.54, 1.807) is 6.92 Å². The van der Waals surface area contributed by atoms with Gasteiger partial charge in [0.25, 0.3) is 0 Å². The summed E-state index contributed by atoms with van der Waals surface area (Å²) < 4.78 is 4.82. The average molecular weight is 196 g/mol. The Morgan fingerprint density at radius 2 is 2.00 bits per heavy atom. The average Bonchev–Trinajstić information content (AvgIpc) is 2.10. The van der Waals surface area contributed by atoms with Crippen molar-refractivity contribution in [3.8, 4) is 17.2 Å². The van der Waals surface area contributed by atoms with Gasteiger partial charge >= 0.3 is 0 Å². The van der Waals surface area contributed by atoms with E-state index in [1.807, 2.05) is 0 Å². The Hall–Kier alpha value is -1.71. The molecule has 0 aromatic heterocycles. The lowest BCUT2D eigenvalue weighted by atomic mass is 10.0. The number of aromatic hydroxyl groups is 2. The Balaban J connectivity index is 3.49. The Morgan fingerprint density at radius 3 is 2.43 bits per heavy atom. The summed E-state index contributed by atoms with van der Waals surface area (Å²) in [6.45, 7) is 2.88. The molecule has 1 aromatic carbocycles. The summed E-state index contributed by atoms with van der Waals surface area (Å²) in [5.41, 5.74) is 0.456. The van der Waals surface area contributed by atoms with Gasteiger partial charge in [0.05, 0.1) is 12.7 Å². The lowest BCUT2D eigenvalue weighted by Crippen LogP contribution is -1.98. The fourth-order valence-corrected chi connectivity index (χ4v) is 1.36. The molecule has 0 bridgehead atoms. The van der Waals surface area contributed by atoms with Gasteiger partial charge in [0.15, 0.2) is 17.3 Å². The van der Waals surface area contributed by atoms with E-state index in [1.165, 1.54) is 20.1 Å². The highest BCUT2D eigenvalue weighted by atomic mass is 16.5. The van der Waals surface area contributed by atoms with E-state index in [0.29, 0.717) is 5.56 Å². The highest BCUT2D eigenvalue weighted by Crippen LogP contribution is 2.37. The molecule has 0 saturated carbocycles. The summed E-state index contributed by atoms with van der Waals surface area (Å²) in [5, 5.41) is 19.0. The molecule has 0 amide bonds. The molecule has 2 N–H and O–H groups in total. The number of benzene rings is 1. The second-order valence-corrected chi connectivity index (χ2v) is 3.00.